The zero-order valence-electron chi connectivity index (χ0n) is 18.8. The molecule has 2 aliphatic rings. The largest absolute Gasteiger partial charge is 0.337 e. The third-order valence-electron chi connectivity index (χ3n) is 7.04. The summed E-state index contributed by atoms with van der Waals surface area (Å²) >= 11 is 0. The molecule has 4 rings (SSSR count). The fourth-order valence-electron chi connectivity index (χ4n) is 5.50. The second-order valence-electron chi connectivity index (χ2n) is 9.39. The van der Waals surface area contributed by atoms with Crippen LogP contribution in [-0.2, 0) is 11.2 Å². The average Bonchev–Trinajstić information content (AvgIpc) is 3.12. The number of amides is 1. The number of aromatic nitrogens is 2. The number of rotatable bonds is 6. The van der Waals surface area contributed by atoms with Crippen LogP contribution in [-0.4, -0.2) is 32.7 Å². The van der Waals surface area contributed by atoms with Gasteiger partial charge >= 0.3 is 0 Å². The molecular formula is C26H37N3O. The van der Waals surface area contributed by atoms with E-state index in [2.05, 4.69) is 47.3 Å². The fourth-order valence-corrected chi connectivity index (χ4v) is 5.50. The maximum Gasteiger partial charge on any atom is 0.223 e. The number of carbonyl (C=O) groups is 1. The van der Waals surface area contributed by atoms with Gasteiger partial charge in [0.15, 0.2) is 0 Å². The number of nitrogens with zero attached hydrogens (tertiary/aromatic N) is 3. The summed E-state index contributed by atoms with van der Waals surface area (Å²) in [6.07, 6.45) is 14.1. The van der Waals surface area contributed by atoms with Gasteiger partial charge in [0.25, 0.3) is 0 Å². The van der Waals surface area contributed by atoms with E-state index in [0.717, 1.165) is 23.5 Å². The molecule has 4 nitrogen and oxygen atoms in total. The maximum atomic E-state index is 13.4. The van der Waals surface area contributed by atoms with E-state index in [9.17, 15) is 4.79 Å². The van der Waals surface area contributed by atoms with Crippen LogP contribution in [0.1, 0.15) is 87.6 Å². The summed E-state index contributed by atoms with van der Waals surface area (Å²) < 4.78 is 1.98. The summed E-state index contributed by atoms with van der Waals surface area (Å²) in [5, 5.41) is 4.57. The topological polar surface area (TPSA) is 38.1 Å². The lowest BCUT2D eigenvalue weighted by Gasteiger charge is -2.42. The Morgan fingerprint density at radius 2 is 1.50 bits per heavy atom. The lowest BCUT2D eigenvalue weighted by molar-refractivity contribution is -0.138. The number of carbonyl (C=O) groups excluding carboxylic acids is 1. The Balaban J connectivity index is 1.40. The standard InChI is InChI=1S/C26H37N3O/c1-20-19-21(2)29(27-20)25-16-13-22(14-17-25)15-18-26(30)28(23-9-5-3-6-10-23)24-11-7-4-8-12-24/h13-14,16-17,19,23-24H,3-12,15,18H2,1-2H3. The smallest absolute Gasteiger partial charge is 0.223 e. The number of hydrogen-bond acceptors (Lipinski definition) is 2. The average molecular weight is 408 g/mol. The second-order valence-corrected chi connectivity index (χ2v) is 9.39. The van der Waals surface area contributed by atoms with Crippen LogP contribution >= 0.6 is 0 Å². The van der Waals surface area contributed by atoms with E-state index >= 15 is 0 Å². The maximum absolute atomic E-state index is 13.4. The van der Waals surface area contributed by atoms with E-state index in [-0.39, 0.29) is 0 Å². The van der Waals surface area contributed by atoms with Crippen LogP contribution in [0.4, 0.5) is 0 Å². The molecule has 4 heteroatoms. The van der Waals surface area contributed by atoms with Crippen LogP contribution < -0.4 is 0 Å². The van der Waals surface area contributed by atoms with Gasteiger partial charge in [-0.1, -0.05) is 50.7 Å². The summed E-state index contributed by atoms with van der Waals surface area (Å²) in [5.41, 5.74) is 4.50. The van der Waals surface area contributed by atoms with Crippen molar-refractivity contribution in [1.82, 2.24) is 14.7 Å². The van der Waals surface area contributed by atoms with Crippen LogP contribution in [0.5, 0.6) is 0 Å². The molecule has 162 valence electrons. The van der Waals surface area contributed by atoms with Gasteiger partial charge < -0.3 is 4.90 Å². The van der Waals surface area contributed by atoms with Crippen molar-refractivity contribution in [2.75, 3.05) is 0 Å². The molecule has 0 saturated heterocycles. The third kappa shape index (κ3) is 4.96. The quantitative estimate of drug-likeness (QED) is 0.596. The Morgan fingerprint density at radius 1 is 0.933 bits per heavy atom. The van der Waals surface area contributed by atoms with Gasteiger partial charge in [0.05, 0.1) is 11.4 Å². The molecule has 0 N–H and O–H groups in total. The van der Waals surface area contributed by atoms with Crippen LogP contribution in [0, 0.1) is 13.8 Å². The highest BCUT2D eigenvalue weighted by Gasteiger charge is 2.31. The number of benzene rings is 1. The zero-order chi connectivity index (χ0) is 20.9. The first-order valence-corrected chi connectivity index (χ1v) is 12.1. The number of aryl methyl sites for hydroxylation is 3. The van der Waals surface area contributed by atoms with E-state index < -0.39 is 0 Å². The molecule has 2 saturated carbocycles. The summed E-state index contributed by atoms with van der Waals surface area (Å²) in [5.74, 6) is 0.386. The molecule has 1 aromatic heterocycles. The molecule has 0 radical (unpaired) electrons. The Morgan fingerprint density at radius 3 is 2.00 bits per heavy atom. The normalized spacial score (nSPS) is 18.5. The third-order valence-corrected chi connectivity index (χ3v) is 7.04. The van der Waals surface area contributed by atoms with Crippen molar-refractivity contribution in [3.05, 3.63) is 47.3 Å². The van der Waals surface area contributed by atoms with Crippen molar-refractivity contribution < 1.29 is 4.79 Å². The summed E-state index contributed by atoms with van der Waals surface area (Å²) in [6.45, 7) is 4.10. The Labute approximate surface area is 181 Å². The predicted octanol–water partition coefficient (Wildman–Crippen LogP) is 5.92. The first-order valence-electron chi connectivity index (χ1n) is 12.1. The van der Waals surface area contributed by atoms with E-state index in [1.54, 1.807) is 0 Å². The summed E-state index contributed by atoms with van der Waals surface area (Å²) in [6, 6.07) is 11.6. The minimum atomic E-state index is 0.386. The van der Waals surface area contributed by atoms with Crippen molar-refractivity contribution in [3.8, 4) is 5.69 Å². The Kier molecular flexibility index (Phi) is 6.91. The molecule has 1 amide bonds. The zero-order valence-corrected chi connectivity index (χ0v) is 18.8. The monoisotopic (exact) mass is 407 g/mol. The van der Waals surface area contributed by atoms with Gasteiger partial charge in [-0.25, -0.2) is 4.68 Å². The lowest BCUT2D eigenvalue weighted by atomic mass is 9.88. The molecule has 30 heavy (non-hydrogen) atoms. The first-order chi connectivity index (χ1) is 14.6. The van der Waals surface area contributed by atoms with Crippen molar-refractivity contribution in [2.24, 2.45) is 0 Å². The number of hydrogen-bond donors (Lipinski definition) is 0. The molecular weight excluding hydrogens is 370 g/mol. The van der Waals surface area contributed by atoms with Gasteiger partial charge in [0, 0.05) is 24.2 Å². The van der Waals surface area contributed by atoms with Crippen molar-refractivity contribution in [2.45, 2.75) is 103 Å². The van der Waals surface area contributed by atoms with Crippen molar-refractivity contribution in [3.63, 3.8) is 0 Å². The predicted molar refractivity (Wildman–Crippen MR) is 122 cm³/mol. The van der Waals surface area contributed by atoms with E-state index in [4.69, 9.17) is 0 Å². The molecule has 2 fully saturated rings. The minimum Gasteiger partial charge on any atom is -0.337 e. The summed E-state index contributed by atoms with van der Waals surface area (Å²) in [7, 11) is 0. The molecule has 0 unspecified atom stereocenters. The lowest BCUT2D eigenvalue weighted by Crippen LogP contribution is -2.48. The first kappa shape index (κ1) is 21.1. The highest BCUT2D eigenvalue weighted by molar-refractivity contribution is 5.77. The molecule has 0 bridgehead atoms. The highest BCUT2D eigenvalue weighted by atomic mass is 16.2. The summed E-state index contributed by atoms with van der Waals surface area (Å²) in [4.78, 5) is 15.7. The van der Waals surface area contributed by atoms with Gasteiger partial charge in [-0.15, -0.1) is 0 Å². The highest BCUT2D eigenvalue weighted by Crippen LogP contribution is 2.31. The van der Waals surface area contributed by atoms with Gasteiger partial charge in [-0.2, -0.15) is 5.10 Å². The van der Waals surface area contributed by atoms with Crippen LogP contribution in [0.2, 0.25) is 0 Å². The Bertz CT molecular complexity index is 808. The molecule has 2 aliphatic carbocycles. The van der Waals surface area contributed by atoms with E-state index in [0.29, 0.717) is 24.4 Å². The van der Waals surface area contributed by atoms with E-state index in [1.807, 2.05) is 11.6 Å². The van der Waals surface area contributed by atoms with Crippen LogP contribution in [0.3, 0.4) is 0 Å². The van der Waals surface area contributed by atoms with Gasteiger partial charge in [-0.05, 0) is 69.7 Å². The molecule has 1 heterocycles. The van der Waals surface area contributed by atoms with Gasteiger partial charge in [0.1, 0.15) is 0 Å². The Hall–Kier alpha value is -2.10. The molecule has 1 aromatic carbocycles. The van der Waals surface area contributed by atoms with Gasteiger partial charge in [0.2, 0.25) is 5.91 Å². The molecule has 0 aliphatic heterocycles. The van der Waals surface area contributed by atoms with Crippen molar-refractivity contribution >= 4 is 5.91 Å². The van der Waals surface area contributed by atoms with E-state index in [1.165, 1.54) is 69.8 Å². The van der Waals surface area contributed by atoms with Crippen molar-refractivity contribution in [1.29, 1.82) is 0 Å². The molecule has 0 atom stereocenters. The van der Waals surface area contributed by atoms with Gasteiger partial charge in [-0.3, -0.25) is 4.79 Å². The van der Waals surface area contributed by atoms with Crippen LogP contribution in [0.15, 0.2) is 30.3 Å². The van der Waals surface area contributed by atoms with Crippen LogP contribution in [0.25, 0.3) is 5.69 Å². The SMILES string of the molecule is Cc1cc(C)n(-c2ccc(CCC(=O)N(C3CCCCC3)C3CCCCC3)cc2)n1. The minimum absolute atomic E-state index is 0.386. The second kappa shape index (κ2) is 9.80. The molecule has 2 aromatic rings. The fraction of sp³-hybridized carbons (Fsp3) is 0.615. The molecule has 0 spiro atoms.